The number of pyridine rings is 1. The molecule has 0 radical (unpaired) electrons. The van der Waals surface area contributed by atoms with Crippen LogP contribution in [0, 0.1) is 6.92 Å². The lowest BCUT2D eigenvalue weighted by Crippen LogP contribution is -2.45. The number of likely N-dealkylation sites (tertiary alicyclic amines) is 1. The van der Waals surface area contributed by atoms with Gasteiger partial charge in [0.05, 0.1) is 6.61 Å². The van der Waals surface area contributed by atoms with Crippen molar-refractivity contribution in [2.45, 2.75) is 38.6 Å². The van der Waals surface area contributed by atoms with Gasteiger partial charge in [-0.05, 0) is 56.3 Å². The number of nitrogens with one attached hydrogen (secondary N) is 1. The van der Waals surface area contributed by atoms with Crippen molar-refractivity contribution >= 4 is 10.8 Å². The van der Waals surface area contributed by atoms with Crippen LogP contribution in [0.1, 0.15) is 31.0 Å². The highest BCUT2D eigenvalue weighted by Crippen LogP contribution is 2.28. The van der Waals surface area contributed by atoms with Crippen LogP contribution >= 0.6 is 0 Å². The summed E-state index contributed by atoms with van der Waals surface area (Å²) in [6.07, 6.45) is 2.97. The van der Waals surface area contributed by atoms with E-state index in [0.717, 1.165) is 54.4 Å². The van der Waals surface area contributed by atoms with Crippen LogP contribution in [0.3, 0.4) is 0 Å². The minimum absolute atomic E-state index is 0.0115. The molecule has 1 aliphatic rings. The number of aryl methyl sites for hydroxylation is 1. The Hall–Kier alpha value is -1.65. The van der Waals surface area contributed by atoms with E-state index in [1.165, 1.54) is 0 Å². The van der Waals surface area contributed by atoms with E-state index in [1.807, 2.05) is 25.1 Å². The van der Waals surface area contributed by atoms with Gasteiger partial charge >= 0.3 is 0 Å². The topological polar surface area (TPSA) is 56.3 Å². The zero-order valence-electron chi connectivity index (χ0n) is 13.4. The van der Waals surface area contributed by atoms with Gasteiger partial charge in [0, 0.05) is 29.6 Å². The summed E-state index contributed by atoms with van der Waals surface area (Å²) in [6, 6.07) is 7.92. The largest absolute Gasteiger partial charge is 0.394 e. The highest BCUT2D eigenvalue weighted by atomic mass is 16.3. The number of aromatic amines is 1. The van der Waals surface area contributed by atoms with Crippen LogP contribution in [0.2, 0.25) is 0 Å². The Morgan fingerprint density at radius 2 is 2.18 bits per heavy atom. The molecule has 4 heteroatoms. The lowest BCUT2D eigenvalue weighted by molar-refractivity contribution is 0.0798. The van der Waals surface area contributed by atoms with Gasteiger partial charge in [0.1, 0.15) is 0 Å². The van der Waals surface area contributed by atoms with Crippen molar-refractivity contribution in [2.24, 2.45) is 0 Å². The summed E-state index contributed by atoms with van der Waals surface area (Å²) in [5, 5.41) is 11.4. The predicted octanol–water partition coefficient (Wildman–Crippen LogP) is 2.23. The summed E-state index contributed by atoms with van der Waals surface area (Å²) in [7, 11) is 0. The molecule has 118 valence electrons. The first kappa shape index (κ1) is 15.3. The maximum absolute atomic E-state index is 12.2. The van der Waals surface area contributed by atoms with E-state index < -0.39 is 0 Å². The van der Waals surface area contributed by atoms with Crippen LogP contribution in [-0.2, 0) is 6.42 Å². The summed E-state index contributed by atoms with van der Waals surface area (Å²) in [6.45, 7) is 6.24. The number of H-pyrrole nitrogens is 1. The zero-order valence-corrected chi connectivity index (χ0v) is 13.4. The molecule has 1 fully saturated rings. The quantitative estimate of drug-likeness (QED) is 0.910. The van der Waals surface area contributed by atoms with Crippen molar-refractivity contribution in [1.82, 2.24) is 9.88 Å². The number of aliphatic hydroxyl groups excluding tert-OH is 1. The Labute approximate surface area is 130 Å². The SMILES string of the molecule is Cc1cccc2c(=O)[nH]c(CCN3CCC[C@]3(C)CO)cc12. The number of nitrogens with zero attached hydrogens (tertiary/aromatic N) is 1. The summed E-state index contributed by atoms with van der Waals surface area (Å²) in [4.78, 5) is 17.6. The second-order valence-corrected chi connectivity index (χ2v) is 6.66. The van der Waals surface area contributed by atoms with E-state index in [2.05, 4.69) is 22.9 Å². The molecule has 2 heterocycles. The summed E-state index contributed by atoms with van der Waals surface area (Å²) in [5.41, 5.74) is 1.99. The molecule has 0 unspecified atom stereocenters. The molecule has 1 saturated heterocycles. The smallest absolute Gasteiger partial charge is 0.256 e. The minimum atomic E-state index is -0.104. The number of fused-ring (bicyclic) bond motifs is 1. The van der Waals surface area contributed by atoms with Crippen molar-refractivity contribution < 1.29 is 5.11 Å². The lowest BCUT2D eigenvalue weighted by atomic mass is 10.00. The molecule has 2 aromatic rings. The van der Waals surface area contributed by atoms with Crippen molar-refractivity contribution in [2.75, 3.05) is 19.7 Å². The second-order valence-electron chi connectivity index (χ2n) is 6.66. The molecule has 1 aromatic heterocycles. The first-order valence-corrected chi connectivity index (χ1v) is 8.01. The van der Waals surface area contributed by atoms with Gasteiger partial charge in [-0.3, -0.25) is 9.69 Å². The molecule has 0 bridgehead atoms. The van der Waals surface area contributed by atoms with E-state index in [4.69, 9.17) is 0 Å². The Morgan fingerprint density at radius 3 is 2.95 bits per heavy atom. The first-order chi connectivity index (χ1) is 10.5. The fourth-order valence-corrected chi connectivity index (χ4v) is 3.52. The third kappa shape index (κ3) is 2.69. The summed E-state index contributed by atoms with van der Waals surface area (Å²) in [5.74, 6) is 0. The maximum atomic E-state index is 12.2. The average molecular weight is 300 g/mol. The fourth-order valence-electron chi connectivity index (χ4n) is 3.52. The monoisotopic (exact) mass is 300 g/mol. The van der Waals surface area contributed by atoms with Gasteiger partial charge in [0.15, 0.2) is 0 Å². The summed E-state index contributed by atoms with van der Waals surface area (Å²) < 4.78 is 0. The van der Waals surface area contributed by atoms with Gasteiger partial charge in [0.2, 0.25) is 0 Å². The number of hydrogen-bond donors (Lipinski definition) is 2. The normalized spacial score (nSPS) is 22.5. The van der Waals surface area contributed by atoms with Crippen LogP contribution in [0.5, 0.6) is 0 Å². The van der Waals surface area contributed by atoms with Crippen LogP contribution in [0.4, 0.5) is 0 Å². The summed E-state index contributed by atoms with van der Waals surface area (Å²) >= 11 is 0. The zero-order chi connectivity index (χ0) is 15.7. The average Bonchev–Trinajstić information content (AvgIpc) is 2.88. The Bertz CT molecular complexity index is 737. The van der Waals surface area contributed by atoms with Crippen LogP contribution in [0.15, 0.2) is 29.1 Å². The van der Waals surface area contributed by atoms with Crippen molar-refractivity contribution in [3.05, 3.63) is 45.9 Å². The number of benzene rings is 1. The fraction of sp³-hybridized carbons (Fsp3) is 0.500. The van der Waals surface area contributed by atoms with Gasteiger partial charge in [-0.2, -0.15) is 0 Å². The van der Waals surface area contributed by atoms with Gasteiger partial charge in [-0.25, -0.2) is 0 Å². The molecule has 0 amide bonds. The maximum Gasteiger partial charge on any atom is 0.256 e. The third-order valence-corrected chi connectivity index (χ3v) is 5.06. The Balaban J connectivity index is 1.83. The number of aromatic nitrogens is 1. The van der Waals surface area contributed by atoms with Crippen LogP contribution < -0.4 is 5.56 Å². The van der Waals surface area contributed by atoms with Crippen molar-refractivity contribution in [3.8, 4) is 0 Å². The molecular formula is C18H24N2O2. The molecule has 4 nitrogen and oxygen atoms in total. The molecule has 0 saturated carbocycles. The molecule has 1 aliphatic heterocycles. The van der Waals surface area contributed by atoms with Gasteiger partial charge in [-0.15, -0.1) is 0 Å². The molecular weight excluding hydrogens is 276 g/mol. The van der Waals surface area contributed by atoms with E-state index in [-0.39, 0.29) is 17.7 Å². The molecule has 0 aliphatic carbocycles. The molecule has 22 heavy (non-hydrogen) atoms. The van der Waals surface area contributed by atoms with Crippen LogP contribution in [0.25, 0.3) is 10.8 Å². The standard InChI is InChI=1S/C18H24N2O2/c1-13-5-3-6-15-16(13)11-14(19-17(15)22)7-10-20-9-4-8-18(20,2)12-21/h3,5-6,11,21H,4,7-10,12H2,1-2H3,(H,19,22)/t18-/m1/s1. The van der Waals surface area contributed by atoms with E-state index in [0.29, 0.717) is 0 Å². The first-order valence-electron chi connectivity index (χ1n) is 8.01. The predicted molar refractivity (Wildman–Crippen MR) is 89.3 cm³/mol. The Morgan fingerprint density at radius 1 is 1.36 bits per heavy atom. The van der Waals surface area contributed by atoms with E-state index in [9.17, 15) is 9.90 Å². The molecule has 2 N–H and O–H groups in total. The number of rotatable bonds is 4. The highest BCUT2D eigenvalue weighted by Gasteiger charge is 2.35. The number of hydrogen-bond acceptors (Lipinski definition) is 3. The third-order valence-electron chi connectivity index (χ3n) is 5.06. The lowest BCUT2D eigenvalue weighted by Gasteiger charge is -2.33. The van der Waals surface area contributed by atoms with Gasteiger partial charge in [0.25, 0.3) is 5.56 Å². The highest BCUT2D eigenvalue weighted by molar-refractivity contribution is 5.84. The molecule has 0 spiro atoms. The Kier molecular flexibility index (Phi) is 4.06. The van der Waals surface area contributed by atoms with E-state index >= 15 is 0 Å². The van der Waals surface area contributed by atoms with Crippen molar-refractivity contribution in [3.63, 3.8) is 0 Å². The van der Waals surface area contributed by atoms with Crippen LogP contribution in [-0.4, -0.2) is 40.2 Å². The van der Waals surface area contributed by atoms with Gasteiger partial charge < -0.3 is 10.1 Å². The second kappa shape index (κ2) is 5.86. The molecule has 3 rings (SSSR count). The minimum Gasteiger partial charge on any atom is -0.394 e. The van der Waals surface area contributed by atoms with E-state index in [1.54, 1.807) is 0 Å². The van der Waals surface area contributed by atoms with Crippen molar-refractivity contribution in [1.29, 1.82) is 0 Å². The molecule has 1 aromatic carbocycles. The number of aliphatic hydroxyl groups is 1. The molecule has 1 atom stereocenters. The van der Waals surface area contributed by atoms with Gasteiger partial charge in [-0.1, -0.05) is 12.1 Å².